The topological polar surface area (TPSA) is 24.9 Å². The van der Waals surface area contributed by atoms with Gasteiger partial charge in [0.05, 0.1) is 0 Å². The van der Waals surface area contributed by atoms with Crippen molar-refractivity contribution in [3.05, 3.63) is 29.6 Å². The van der Waals surface area contributed by atoms with Crippen LogP contribution in [0.5, 0.6) is 0 Å². The van der Waals surface area contributed by atoms with Crippen molar-refractivity contribution in [2.75, 3.05) is 6.54 Å². The highest BCUT2D eigenvalue weighted by Crippen LogP contribution is 2.27. The van der Waals surface area contributed by atoms with Crippen molar-refractivity contribution in [2.45, 2.75) is 64.8 Å². The van der Waals surface area contributed by atoms with Crippen LogP contribution < -0.4 is 5.32 Å². The van der Waals surface area contributed by atoms with Crippen molar-refractivity contribution >= 4 is 0 Å². The first-order valence-corrected chi connectivity index (χ1v) is 7.93. The molecule has 1 atom stereocenters. The Labute approximate surface area is 118 Å². The minimum absolute atomic E-state index is 0.600. The van der Waals surface area contributed by atoms with E-state index >= 15 is 0 Å². The highest BCUT2D eigenvalue weighted by Gasteiger charge is 2.19. The fraction of sp³-hybridized carbons (Fsp3) is 0.706. The minimum Gasteiger partial charge on any atom is -0.314 e. The van der Waals surface area contributed by atoms with Crippen LogP contribution in [-0.2, 0) is 6.42 Å². The summed E-state index contributed by atoms with van der Waals surface area (Å²) < 4.78 is 0. The zero-order valence-corrected chi connectivity index (χ0v) is 12.5. The SMILES string of the molecule is CCNC(Cc1ccc(C)cn1)CC1CCCCC1. The van der Waals surface area contributed by atoms with Crippen LogP contribution in [0.4, 0.5) is 0 Å². The average Bonchev–Trinajstić information content (AvgIpc) is 2.43. The molecule has 0 radical (unpaired) electrons. The smallest absolute Gasteiger partial charge is 0.0419 e. The van der Waals surface area contributed by atoms with Gasteiger partial charge >= 0.3 is 0 Å². The lowest BCUT2D eigenvalue weighted by Crippen LogP contribution is -2.33. The van der Waals surface area contributed by atoms with Crippen LogP contribution in [0.25, 0.3) is 0 Å². The third kappa shape index (κ3) is 4.94. The lowest BCUT2D eigenvalue weighted by molar-refractivity contribution is 0.297. The molecular formula is C17H28N2. The van der Waals surface area contributed by atoms with Crippen LogP contribution in [0, 0.1) is 12.8 Å². The summed E-state index contributed by atoms with van der Waals surface area (Å²) in [4.78, 5) is 4.55. The molecule has 2 rings (SSSR count). The van der Waals surface area contributed by atoms with Crippen molar-refractivity contribution < 1.29 is 0 Å². The zero-order chi connectivity index (χ0) is 13.5. The quantitative estimate of drug-likeness (QED) is 0.839. The molecule has 2 nitrogen and oxygen atoms in total. The Morgan fingerprint density at radius 3 is 2.68 bits per heavy atom. The molecule has 0 bridgehead atoms. The molecule has 0 amide bonds. The van der Waals surface area contributed by atoms with E-state index in [1.807, 2.05) is 6.20 Å². The number of hydrogen-bond acceptors (Lipinski definition) is 2. The van der Waals surface area contributed by atoms with Crippen LogP contribution in [0.2, 0.25) is 0 Å². The first-order chi connectivity index (χ1) is 9.28. The number of nitrogens with zero attached hydrogens (tertiary/aromatic N) is 1. The molecule has 106 valence electrons. The van der Waals surface area contributed by atoms with Crippen molar-refractivity contribution in [2.24, 2.45) is 5.92 Å². The van der Waals surface area contributed by atoms with Gasteiger partial charge < -0.3 is 5.32 Å². The standard InChI is InChI=1S/C17H28N2/c1-3-18-17(11-15-7-5-4-6-8-15)12-16-10-9-14(2)13-19-16/h9-10,13,15,17-18H,3-8,11-12H2,1-2H3. The highest BCUT2D eigenvalue weighted by atomic mass is 14.9. The van der Waals surface area contributed by atoms with Gasteiger partial charge in [0, 0.05) is 24.4 Å². The third-order valence-electron chi connectivity index (χ3n) is 4.26. The lowest BCUT2D eigenvalue weighted by Gasteiger charge is -2.27. The third-order valence-corrected chi connectivity index (χ3v) is 4.26. The van der Waals surface area contributed by atoms with Crippen molar-refractivity contribution in [1.82, 2.24) is 10.3 Å². The van der Waals surface area contributed by atoms with E-state index in [9.17, 15) is 0 Å². The van der Waals surface area contributed by atoms with Gasteiger partial charge in [-0.2, -0.15) is 0 Å². The largest absolute Gasteiger partial charge is 0.314 e. The van der Waals surface area contributed by atoms with E-state index in [-0.39, 0.29) is 0 Å². The van der Waals surface area contributed by atoms with Gasteiger partial charge in [-0.1, -0.05) is 45.1 Å². The summed E-state index contributed by atoms with van der Waals surface area (Å²) in [5.74, 6) is 0.934. The fourth-order valence-corrected chi connectivity index (χ4v) is 3.22. The maximum absolute atomic E-state index is 4.55. The zero-order valence-electron chi connectivity index (χ0n) is 12.5. The van der Waals surface area contributed by atoms with Crippen molar-refractivity contribution in [3.63, 3.8) is 0 Å². The molecule has 0 aromatic carbocycles. The van der Waals surface area contributed by atoms with E-state index in [4.69, 9.17) is 0 Å². The summed E-state index contributed by atoms with van der Waals surface area (Å²) in [6.07, 6.45) is 11.6. The summed E-state index contributed by atoms with van der Waals surface area (Å²) >= 11 is 0. The molecule has 0 aliphatic heterocycles. The van der Waals surface area contributed by atoms with E-state index in [1.165, 1.54) is 49.8 Å². The van der Waals surface area contributed by atoms with E-state index in [2.05, 4.69) is 36.3 Å². The second-order valence-electron chi connectivity index (χ2n) is 6.03. The van der Waals surface area contributed by atoms with Crippen LogP contribution in [0.15, 0.2) is 18.3 Å². The average molecular weight is 260 g/mol. The number of aryl methyl sites for hydroxylation is 1. The van der Waals surface area contributed by atoms with E-state index < -0.39 is 0 Å². The van der Waals surface area contributed by atoms with Crippen LogP contribution in [0.3, 0.4) is 0 Å². The van der Waals surface area contributed by atoms with Crippen molar-refractivity contribution in [1.29, 1.82) is 0 Å². The number of pyridine rings is 1. The number of hydrogen-bond donors (Lipinski definition) is 1. The normalized spacial score (nSPS) is 18.4. The summed E-state index contributed by atoms with van der Waals surface area (Å²) in [7, 11) is 0. The minimum atomic E-state index is 0.600. The Morgan fingerprint density at radius 2 is 2.05 bits per heavy atom. The number of rotatable bonds is 6. The van der Waals surface area contributed by atoms with E-state index in [1.54, 1.807) is 0 Å². The van der Waals surface area contributed by atoms with Gasteiger partial charge in [-0.05, 0) is 37.4 Å². The molecule has 1 heterocycles. The van der Waals surface area contributed by atoms with Gasteiger partial charge in [0.2, 0.25) is 0 Å². The Bertz CT molecular complexity index is 352. The molecule has 1 aromatic heterocycles. The summed E-state index contributed by atoms with van der Waals surface area (Å²) in [5, 5.41) is 3.65. The van der Waals surface area contributed by atoms with E-state index in [0.29, 0.717) is 6.04 Å². The maximum Gasteiger partial charge on any atom is 0.0419 e. The van der Waals surface area contributed by atoms with Gasteiger partial charge in [-0.15, -0.1) is 0 Å². The van der Waals surface area contributed by atoms with Gasteiger partial charge in [0.25, 0.3) is 0 Å². The molecule has 1 aliphatic rings. The number of aromatic nitrogens is 1. The second-order valence-corrected chi connectivity index (χ2v) is 6.03. The van der Waals surface area contributed by atoms with Gasteiger partial charge in [-0.3, -0.25) is 4.98 Å². The Kier molecular flexibility index (Phi) is 5.84. The Morgan fingerprint density at radius 1 is 1.26 bits per heavy atom. The van der Waals surface area contributed by atoms with Gasteiger partial charge in [0.15, 0.2) is 0 Å². The molecule has 1 saturated carbocycles. The maximum atomic E-state index is 4.55. The van der Waals surface area contributed by atoms with Crippen LogP contribution >= 0.6 is 0 Å². The fourth-order valence-electron chi connectivity index (χ4n) is 3.22. The molecular weight excluding hydrogens is 232 g/mol. The van der Waals surface area contributed by atoms with Gasteiger partial charge in [0.1, 0.15) is 0 Å². The molecule has 0 spiro atoms. The predicted molar refractivity (Wildman–Crippen MR) is 81.3 cm³/mol. The van der Waals surface area contributed by atoms with Gasteiger partial charge in [-0.25, -0.2) is 0 Å². The Hall–Kier alpha value is -0.890. The first-order valence-electron chi connectivity index (χ1n) is 7.93. The Balaban J connectivity index is 1.89. The molecule has 1 aliphatic carbocycles. The predicted octanol–water partition coefficient (Wildman–Crippen LogP) is 3.88. The van der Waals surface area contributed by atoms with Crippen LogP contribution in [0.1, 0.15) is 56.7 Å². The number of nitrogens with one attached hydrogen (secondary N) is 1. The number of likely N-dealkylation sites (N-methyl/N-ethyl adjacent to an activating group) is 1. The molecule has 1 N–H and O–H groups in total. The summed E-state index contributed by atoms with van der Waals surface area (Å²) in [5.41, 5.74) is 2.48. The molecule has 2 heteroatoms. The molecule has 19 heavy (non-hydrogen) atoms. The molecule has 1 aromatic rings. The first kappa shape index (κ1) is 14.5. The summed E-state index contributed by atoms with van der Waals surface area (Å²) in [6, 6.07) is 4.95. The van der Waals surface area contributed by atoms with Crippen molar-refractivity contribution in [3.8, 4) is 0 Å². The molecule has 1 unspecified atom stereocenters. The summed E-state index contributed by atoms with van der Waals surface area (Å²) in [6.45, 7) is 5.36. The molecule has 0 saturated heterocycles. The van der Waals surface area contributed by atoms with E-state index in [0.717, 1.165) is 18.9 Å². The lowest BCUT2D eigenvalue weighted by atomic mass is 9.84. The second kappa shape index (κ2) is 7.64. The molecule has 1 fully saturated rings. The highest BCUT2D eigenvalue weighted by molar-refractivity contribution is 5.13. The van der Waals surface area contributed by atoms with Crippen LogP contribution in [-0.4, -0.2) is 17.6 Å². The monoisotopic (exact) mass is 260 g/mol.